The van der Waals surface area contributed by atoms with E-state index in [1.54, 1.807) is 4.90 Å². The van der Waals surface area contributed by atoms with Crippen LogP contribution in [0.15, 0.2) is 12.1 Å². The van der Waals surface area contributed by atoms with Crippen molar-refractivity contribution in [2.45, 2.75) is 6.18 Å². The summed E-state index contributed by atoms with van der Waals surface area (Å²) in [5, 5.41) is 17.9. The van der Waals surface area contributed by atoms with Gasteiger partial charge < -0.3 is 10.0 Å². The van der Waals surface area contributed by atoms with Crippen LogP contribution in [0, 0.1) is 11.3 Å². The van der Waals surface area contributed by atoms with Gasteiger partial charge in [-0.2, -0.15) is 18.4 Å². The zero-order valence-corrected chi connectivity index (χ0v) is 11.3. The van der Waals surface area contributed by atoms with Crippen LogP contribution in [0.4, 0.5) is 19.0 Å². The van der Waals surface area contributed by atoms with Crippen LogP contribution in [-0.2, 0) is 6.18 Å². The Balaban J connectivity index is 2.21. The molecule has 2 rings (SSSR count). The van der Waals surface area contributed by atoms with Crippen molar-refractivity contribution >= 4 is 5.82 Å². The van der Waals surface area contributed by atoms with Gasteiger partial charge in [-0.05, 0) is 12.1 Å². The molecule has 1 saturated heterocycles. The highest BCUT2D eigenvalue weighted by atomic mass is 19.4. The van der Waals surface area contributed by atoms with E-state index in [4.69, 9.17) is 10.4 Å². The Bertz CT molecular complexity index is 533. The second kappa shape index (κ2) is 6.28. The van der Waals surface area contributed by atoms with Crippen LogP contribution in [0.2, 0.25) is 0 Å². The molecule has 0 atom stereocenters. The Morgan fingerprint density at radius 2 is 1.90 bits per heavy atom. The molecule has 1 aliphatic heterocycles. The van der Waals surface area contributed by atoms with Crippen molar-refractivity contribution in [2.75, 3.05) is 44.2 Å². The predicted molar refractivity (Wildman–Crippen MR) is 69.7 cm³/mol. The highest BCUT2D eigenvalue weighted by Gasteiger charge is 2.34. The molecule has 0 unspecified atom stereocenters. The van der Waals surface area contributed by atoms with E-state index in [0.717, 1.165) is 12.1 Å². The summed E-state index contributed by atoms with van der Waals surface area (Å²) in [7, 11) is 0. The number of hydrogen-bond acceptors (Lipinski definition) is 5. The first-order valence-corrected chi connectivity index (χ1v) is 6.52. The van der Waals surface area contributed by atoms with E-state index < -0.39 is 11.9 Å². The van der Waals surface area contributed by atoms with E-state index in [0.29, 0.717) is 32.7 Å². The van der Waals surface area contributed by atoms with Crippen LogP contribution in [0.1, 0.15) is 11.3 Å². The largest absolute Gasteiger partial charge is 0.433 e. The van der Waals surface area contributed by atoms with E-state index in [9.17, 15) is 13.2 Å². The molecule has 5 nitrogen and oxygen atoms in total. The van der Waals surface area contributed by atoms with Gasteiger partial charge in [0.05, 0.1) is 12.2 Å². The lowest BCUT2D eigenvalue weighted by molar-refractivity contribution is -0.141. The molecule has 0 bridgehead atoms. The minimum atomic E-state index is -4.53. The number of pyridine rings is 1. The van der Waals surface area contributed by atoms with E-state index in [1.165, 1.54) is 0 Å². The Kier molecular flexibility index (Phi) is 4.65. The van der Waals surface area contributed by atoms with Crippen LogP contribution in [-0.4, -0.2) is 54.3 Å². The summed E-state index contributed by atoms with van der Waals surface area (Å²) in [5.41, 5.74) is -0.854. The van der Waals surface area contributed by atoms with E-state index >= 15 is 0 Å². The third-order valence-electron chi connectivity index (χ3n) is 3.37. The molecule has 1 aliphatic rings. The summed E-state index contributed by atoms with van der Waals surface area (Å²) in [6.07, 6.45) is -4.53. The highest BCUT2D eigenvalue weighted by molar-refractivity contribution is 5.55. The number of nitriles is 1. The van der Waals surface area contributed by atoms with Gasteiger partial charge in [0.2, 0.25) is 0 Å². The summed E-state index contributed by atoms with van der Waals surface area (Å²) in [6, 6.07) is 3.86. The Hall–Kier alpha value is -1.85. The van der Waals surface area contributed by atoms with Crippen LogP contribution in [0.3, 0.4) is 0 Å². The zero-order chi connectivity index (χ0) is 15.5. The number of nitrogens with zero attached hydrogens (tertiary/aromatic N) is 4. The van der Waals surface area contributed by atoms with Gasteiger partial charge in [0.25, 0.3) is 0 Å². The van der Waals surface area contributed by atoms with Gasteiger partial charge in [-0.15, -0.1) is 0 Å². The van der Waals surface area contributed by atoms with Crippen LogP contribution in [0.5, 0.6) is 0 Å². The number of aromatic nitrogens is 1. The summed E-state index contributed by atoms with van der Waals surface area (Å²) in [5.74, 6) is 0.0796. The van der Waals surface area contributed by atoms with E-state index in [2.05, 4.69) is 4.98 Å². The molecule has 0 aliphatic carbocycles. The van der Waals surface area contributed by atoms with Crippen molar-refractivity contribution in [1.29, 1.82) is 5.26 Å². The molecule has 1 fully saturated rings. The van der Waals surface area contributed by atoms with Crippen molar-refractivity contribution in [2.24, 2.45) is 0 Å². The van der Waals surface area contributed by atoms with Crippen LogP contribution in [0.25, 0.3) is 0 Å². The third kappa shape index (κ3) is 3.62. The number of aliphatic hydroxyl groups is 1. The minimum absolute atomic E-state index is 0.0469. The molecular formula is C13H15F3N4O. The number of piperazine rings is 1. The fourth-order valence-corrected chi connectivity index (χ4v) is 2.26. The summed E-state index contributed by atoms with van der Waals surface area (Å²) in [6.45, 7) is 2.76. The van der Waals surface area contributed by atoms with Gasteiger partial charge >= 0.3 is 6.18 Å². The first-order chi connectivity index (χ1) is 9.95. The van der Waals surface area contributed by atoms with Gasteiger partial charge in [-0.1, -0.05) is 0 Å². The smallest absolute Gasteiger partial charge is 0.395 e. The van der Waals surface area contributed by atoms with Crippen LogP contribution < -0.4 is 4.90 Å². The fourth-order valence-electron chi connectivity index (χ4n) is 2.26. The first kappa shape index (κ1) is 15.5. The molecule has 0 amide bonds. The van der Waals surface area contributed by atoms with Crippen LogP contribution >= 0.6 is 0 Å². The molecule has 1 aromatic heterocycles. The average molecular weight is 300 g/mol. The van der Waals surface area contributed by atoms with E-state index in [-0.39, 0.29) is 18.0 Å². The summed E-state index contributed by atoms with van der Waals surface area (Å²) < 4.78 is 38.2. The van der Waals surface area contributed by atoms with Crippen molar-refractivity contribution in [3.05, 3.63) is 23.4 Å². The maximum Gasteiger partial charge on any atom is 0.433 e. The molecule has 2 heterocycles. The summed E-state index contributed by atoms with van der Waals surface area (Å²) >= 11 is 0. The summed E-state index contributed by atoms with van der Waals surface area (Å²) in [4.78, 5) is 7.31. The quantitative estimate of drug-likeness (QED) is 0.905. The Morgan fingerprint density at radius 3 is 2.43 bits per heavy atom. The molecular weight excluding hydrogens is 285 g/mol. The molecule has 21 heavy (non-hydrogen) atoms. The zero-order valence-electron chi connectivity index (χ0n) is 11.3. The molecule has 1 aromatic rings. The number of alkyl halides is 3. The standard InChI is InChI=1S/C13H15F3N4O/c14-13(15,16)11-2-1-10(9-17)12(18-11)20-5-3-19(4-6-20)7-8-21/h1-2,21H,3-8H2. The van der Waals surface area contributed by atoms with E-state index in [1.807, 2.05) is 11.0 Å². The maximum absolute atomic E-state index is 12.7. The van der Waals surface area contributed by atoms with Gasteiger partial charge in [-0.3, -0.25) is 4.90 Å². The molecule has 0 aromatic carbocycles. The normalized spacial score (nSPS) is 16.8. The van der Waals surface area contributed by atoms with Crippen molar-refractivity contribution in [1.82, 2.24) is 9.88 Å². The van der Waals surface area contributed by atoms with Crippen molar-refractivity contribution in [3.8, 4) is 6.07 Å². The average Bonchev–Trinajstić information content (AvgIpc) is 2.47. The predicted octanol–water partition coefficient (Wildman–Crippen LogP) is 1.09. The molecule has 0 saturated carbocycles. The SMILES string of the molecule is N#Cc1ccc(C(F)(F)F)nc1N1CCN(CCO)CC1. The molecule has 0 radical (unpaired) electrons. The second-order valence-corrected chi connectivity index (χ2v) is 4.73. The van der Waals surface area contributed by atoms with Gasteiger partial charge in [0.1, 0.15) is 17.6 Å². The Morgan fingerprint density at radius 1 is 1.24 bits per heavy atom. The van der Waals surface area contributed by atoms with Gasteiger partial charge in [0, 0.05) is 32.7 Å². The highest BCUT2D eigenvalue weighted by Crippen LogP contribution is 2.30. The molecule has 0 spiro atoms. The lowest BCUT2D eigenvalue weighted by atomic mass is 10.2. The van der Waals surface area contributed by atoms with Gasteiger partial charge in [-0.25, -0.2) is 4.98 Å². The maximum atomic E-state index is 12.7. The molecule has 1 N–H and O–H groups in total. The minimum Gasteiger partial charge on any atom is -0.395 e. The number of halogens is 3. The second-order valence-electron chi connectivity index (χ2n) is 4.73. The first-order valence-electron chi connectivity index (χ1n) is 6.52. The number of hydrogen-bond donors (Lipinski definition) is 1. The van der Waals surface area contributed by atoms with Gasteiger partial charge in [0.15, 0.2) is 0 Å². The Labute approximate surface area is 120 Å². The number of anilines is 1. The monoisotopic (exact) mass is 300 g/mol. The van der Waals surface area contributed by atoms with Crippen molar-refractivity contribution < 1.29 is 18.3 Å². The number of aliphatic hydroxyl groups excluding tert-OH is 1. The molecule has 8 heteroatoms. The fraction of sp³-hybridized carbons (Fsp3) is 0.538. The number of rotatable bonds is 3. The number of β-amino-alcohol motifs (C(OH)–C–C–N with tert-alkyl or cyclic N) is 1. The third-order valence-corrected chi connectivity index (χ3v) is 3.37. The lowest BCUT2D eigenvalue weighted by Gasteiger charge is -2.35. The molecule has 114 valence electrons. The topological polar surface area (TPSA) is 63.4 Å². The lowest BCUT2D eigenvalue weighted by Crippen LogP contribution is -2.47. The van der Waals surface area contributed by atoms with Crippen molar-refractivity contribution in [3.63, 3.8) is 0 Å².